The van der Waals surface area contributed by atoms with Gasteiger partial charge in [-0.25, -0.2) is 15.8 Å². The number of primary amides is 1. The number of piperidine rings is 1. The molecule has 0 aromatic carbocycles. The van der Waals surface area contributed by atoms with Crippen molar-refractivity contribution in [2.45, 2.75) is 12.8 Å². The number of hydrazine groups is 1. The first-order chi connectivity index (χ1) is 9.54. The van der Waals surface area contributed by atoms with E-state index in [4.69, 9.17) is 11.6 Å². The SMILES string of the molecule is NNc1ncnc(N2CCC(C(N)=O)CC2)c1[N+](=O)[O-]. The molecule has 0 atom stereocenters. The predicted octanol–water partition coefficient (Wildman–Crippen LogP) is -0.628. The van der Waals surface area contributed by atoms with Gasteiger partial charge in [-0.1, -0.05) is 0 Å². The summed E-state index contributed by atoms with van der Waals surface area (Å²) in [6, 6.07) is 0. The van der Waals surface area contributed by atoms with E-state index in [1.165, 1.54) is 6.33 Å². The zero-order chi connectivity index (χ0) is 14.7. The second-order valence-corrected chi connectivity index (χ2v) is 4.46. The molecule has 0 unspecified atom stereocenters. The van der Waals surface area contributed by atoms with E-state index >= 15 is 0 Å². The molecule has 1 fully saturated rings. The fourth-order valence-corrected chi connectivity index (χ4v) is 2.25. The molecule has 2 heterocycles. The van der Waals surface area contributed by atoms with Crippen molar-refractivity contribution in [3.8, 4) is 0 Å². The molecule has 0 spiro atoms. The normalized spacial score (nSPS) is 15.9. The number of hydrogen-bond donors (Lipinski definition) is 3. The minimum absolute atomic E-state index is 0.0444. The third-order valence-electron chi connectivity index (χ3n) is 3.32. The fourth-order valence-electron chi connectivity index (χ4n) is 2.25. The Morgan fingerprint density at radius 1 is 1.45 bits per heavy atom. The van der Waals surface area contributed by atoms with E-state index in [9.17, 15) is 14.9 Å². The lowest BCUT2D eigenvalue weighted by Crippen LogP contribution is -2.39. The van der Waals surface area contributed by atoms with Crippen molar-refractivity contribution < 1.29 is 9.72 Å². The van der Waals surface area contributed by atoms with Crippen molar-refractivity contribution >= 4 is 23.2 Å². The molecule has 0 bridgehead atoms. The molecular weight excluding hydrogens is 266 g/mol. The third kappa shape index (κ3) is 2.59. The summed E-state index contributed by atoms with van der Waals surface area (Å²) in [5, 5.41) is 11.1. The first kappa shape index (κ1) is 13.9. The van der Waals surface area contributed by atoms with Gasteiger partial charge in [-0.15, -0.1) is 0 Å². The Morgan fingerprint density at radius 2 is 2.10 bits per heavy atom. The second-order valence-electron chi connectivity index (χ2n) is 4.46. The van der Waals surface area contributed by atoms with Crippen LogP contribution in [0.3, 0.4) is 0 Å². The summed E-state index contributed by atoms with van der Waals surface area (Å²) in [5.41, 5.74) is 7.18. The number of anilines is 2. The van der Waals surface area contributed by atoms with Gasteiger partial charge >= 0.3 is 5.69 Å². The van der Waals surface area contributed by atoms with E-state index in [1.54, 1.807) is 4.90 Å². The van der Waals surface area contributed by atoms with Crippen LogP contribution in [0.5, 0.6) is 0 Å². The Morgan fingerprint density at radius 3 is 2.60 bits per heavy atom. The van der Waals surface area contributed by atoms with Crippen LogP contribution in [0, 0.1) is 16.0 Å². The molecule has 20 heavy (non-hydrogen) atoms. The van der Waals surface area contributed by atoms with Crippen LogP contribution in [0.4, 0.5) is 17.3 Å². The molecule has 10 nitrogen and oxygen atoms in total. The Labute approximate surface area is 114 Å². The first-order valence-electron chi connectivity index (χ1n) is 6.05. The molecule has 5 N–H and O–H groups in total. The standard InChI is InChI=1S/C10H15N7O3/c11-8(18)6-1-3-16(4-2-6)10-7(17(19)20)9(15-12)13-5-14-10/h5-6H,1-4,12H2,(H2,11,18)(H,13,14,15). The van der Waals surface area contributed by atoms with Gasteiger partial charge in [-0.3, -0.25) is 14.9 Å². The number of rotatable bonds is 4. The molecule has 1 aliphatic rings. The summed E-state index contributed by atoms with van der Waals surface area (Å²) in [4.78, 5) is 31.1. The number of nitrogens with one attached hydrogen (secondary N) is 1. The van der Waals surface area contributed by atoms with Crippen molar-refractivity contribution in [2.75, 3.05) is 23.4 Å². The lowest BCUT2D eigenvalue weighted by molar-refractivity contribution is -0.383. The highest BCUT2D eigenvalue weighted by Gasteiger charge is 2.30. The van der Waals surface area contributed by atoms with E-state index in [0.717, 1.165) is 0 Å². The van der Waals surface area contributed by atoms with Crippen LogP contribution < -0.4 is 21.9 Å². The van der Waals surface area contributed by atoms with Gasteiger partial charge in [0.15, 0.2) is 0 Å². The maximum Gasteiger partial charge on any atom is 0.354 e. The van der Waals surface area contributed by atoms with Crippen LogP contribution >= 0.6 is 0 Å². The minimum atomic E-state index is -0.579. The van der Waals surface area contributed by atoms with E-state index in [2.05, 4.69) is 15.4 Å². The monoisotopic (exact) mass is 281 g/mol. The van der Waals surface area contributed by atoms with Crippen molar-refractivity contribution in [2.24, 2.45) is 17.5 Å². The van der Waals surface area contributed by atoms with Crippen molar-refractivity contribution in [1.29, 1.82) is 0 Å². The van der Waals surface area contributed by atoms with Gasteiger partial charge < -0.3 is 16.1 Å². The number of aromatic nitrogens is 2. The zero-order valence-corrected chi connectivity index (χ0v) is 10.7. The van der Waals surface area contributed by atoms with Gasteiger partial charge in [0.25, 0.3) is 0 Å². The molecule has 0 aliphatic carbocycles. The van der Waals surface area contributed by atoms with Gasteiger partial charge in [0.2, 0.25) is 17.5 Å². The molecular formula is C10H15N7O3. The largest absolute Gasteiger partial charge is 0.369 e. The van der Waals surface area contributed by atoms with Crippen LogP contribution in [-0.4, -0.2) is 33.9 Å². The van der Waals surface area contributed by atoms with Gasteiger partial charge in [0.1, 0.15) is 6.33 Å². The highest BCUT2D eigenvalue weighted by molar-refractivity contribution is 5.77. The molecule has 1 aliphatic heterocycles. The van der Waals surface area contributed by atoms with E-state index in [-0.39, 0.29) is 29.1 Å². The fraction of sp³-hybridized carbons (Fsp3) is 0.500. The van der Waals surface area contributed by atoms with Crippen molar-refractivity contribution in [1.82, 2.24) is 9.97 Å². The van der Waals surface area contributed by atoms with Gasteiger partial charge in [-0.05, 0) is 12.8 Å². The van der Waals surface area contributed by atoms with Gasteiger partial charge in [0, 0.05) is 19.0 Å². The molecule has 0 radical (unpaired) electrons. The Kier molecular flexibility index (Phi) is 3.94. The molecule has 1 amide bonds. The second kappa shape index (κ2) is 5.65. The van der Waals surface area contributed by atoms with E-state index < -0.39 is 4.92 Å². The molecule has 2 rings (SSSR count). The Bertz CT molecular complexity index is 528. The Hall–Kier alpha value is -2.49. The molecule has 1 aromatic rings. The average molecular weight is 281 g/mol. The van der Waals surface area contributed by atoms with Crippen LogP contribution in [0.1, 0.15) is 12.8 Å². The predicted molar refractivity (Wildman–Crippen MR) is 70.6 cm³/mol. The minimum Gasteiger partial charge on any atom is -0.369 e. The summed E-state index contributed by atoms with van der Waals surface area (Å²) in [6.07, 6.45) is 2.29. The molecule has 108 valence electrons. The lowest BCUT2D eigenvalue weighted by Gasteiger charge is -2.31. The number of carbonyl (C=O) groups is 1. The number of carbonyl (C=O) groups excluding carboxylic acids is 1. The quantitative estimate of drug-likeness (QED) is 0.374. The average Bonchev–Trinajstić information content (AvgIpc) is 2.46. The van der Waals surface area contributed by atoms with Crippen LogP contribution in [0.2, 0.25) is 0 Å². The van der Waals surface area contributed by atoms with Gasteiger partial charge in [0.05, 0.1) is 4.92 Å². The summed E-state index contributed by atoms with van der Waals surface area (Å²) < 4.78 is 0. The summed E-state index contributed by atoms with van der Waals surface area (Å²) in [5.74, 6) is 4.84. The Balaban J connectivity index is 2.26. The molecule has 1 aromatic heterocycles. The number of nitrogens with zero attached hydrogens (tertiary/aromatic N) is 4. The van der Waals surface area contributed by atoms with Crippen molar-refractivity contribution in [3.05, 3.63) is 16.4 Å². The molecule has 1 saturated heterocycles. The summed E-state index contributed by atoms with van der Waals surface area (Å²) >= 11 is 0. The zero-order valence-electron chi connectivity index (χ0n) is 10.7. The van der Waals surface area contributed by atoms with Crippen molar-refractivity contribution in [3.63, 3.8) is 0 Å². The number of hydrogen-bond acceptors (Lipinski definition) is 8. The van der Waals surface area contributed by atoms with Gasteiger partial charge in [-0.2, -0.15) is 0 Å². The number of nitrogens with two attached hydrogens (primary N) is 2. The maximum atomic E-state index is 11.1. The maximum absolute atomic E-state index is 11.1. The van der Waals surface area contributed by atoms with Crippen LogP contribution in [-0.2, 0) is 4.79 Å². The first-order valence-corrected chi connectivity index (χ1v) is 6.05. The smallest absolute Gasteiger partial charge is 0.354 e. The lowest BCUT2D eigenvalue weighted by atomic mass is 9.96. The number of nitro groups is 1. The number of amides is 1. The van der Waals surface area contributed by atoms with Crippen LogP contribution in [0.25, 0.3) is 0 Å². The molecule has 0 saturated carbocycles. The summed E-state index contributed by atoms with van der Waals surface area (Å²) in [6.45, 7) is 0.935. The summed E-state index contributed by atoms with van der Waals surface area (Å²) in [7, 11) is 0. The third-order valence-corrected chi connectivity index (χ3v) is 3.32. The van der Waals surface area contributed by atoms with E-state index in [1.807, 2.05) is 0 Å². The topological polar surface area (TPSA) is 153 Å². The highest BCUT2D eigenvalue weighted by Crippen LogP contribution is 2.33. The van der Waals surface area contributed by atoms with E-state index in [0.29, 0.717) is 25.9 Å². The number of nitrogen functional groups attached to an aromatic ring is 1. The highest BCUT2D eigenvalue weighted by atomic mass is 16.6. The molecule has 10 heteroatoms. The van der Waals surface area contributed by atoms with Crippen LogP contribution in [0.15, 0.2) is 6.33 Å².